The SMILES string of the molecule is COc1ccccc1CCN(C)CCCC1Cc2cc(OC)c(OC)cc2C1O. The van der Waals surface area contributed by atoms with Gasteiger partial charge in [0.25, 0.3) is 0 Å². The number of benzene rings is 2. The number of ether oxygens (including phenoxy) is 3. The van der Waals surface area contributed by atoms with Crippen molar-refractivity contribution in [3.05, 3.63) is 53.1 Å². The van der Waals surface area contributed by atoms with Gasteiger partial charge in [-0.05, 0) is 80.1 Å². The van der Waals surface area contributed by atoms with Gasteiger partial charge >= 0.3 is 0 Å². The molecule has 0 heterocycles. The zero-order chi connectivity index (χ0) is 20.8. The zero-order valence-electron chi connectivity index (χ0n) is 18.0. The molecule has 2 aromatic rings. The smallest absolute Gasteiger partial charge is 0.161 e. The maximum atomic E-state index is 10.8. The van der Waals surface area contributed by atoms with Gasteiger partial charge in [-0.1, -0.05) is 18.2 Å². The van der Waals surface area contributed by atoms with Gasteiger partial charge in [0.05, 0.1) is 27.4 Å². The molecule has 0 saturated heterocycles. The first-order chi connectivity index (χ1) is 14.1. The summed E-state index contributed by atoms with van der Waals surface area (Å²) in [6.07, 6.45) is 3.49. The second kappa shape index (κ2) is 9.99. The van der Waals surface area contributed by atoms with Gasteiger partial charge in [0.15, 0.2) is 11.5 Å². The quantitative estimate of drug-likeness (QED) is 0.657. The molecule has 0 aromatic heterocycles. The van der Waals surface area contributed by atoms with Gasteiger partial charge in [-0.15, -0.1) is 0 Å². The van der Waals surface area contributed by atoms with Crippen LogP contribution in [0.2, 0.25) is 0 Å². The molecule has 2 unspecified atom stereocenters. The lowest BCUT2D eigenvalue weighted by atomic mass is 9.97. The molecule has 2 atom stereocenters. The van der Waals surface area contributed by atoms with E-state index in [2.05, 4.69) is 24.1 Å². The molecule has 1 aliphatic carbocycles. The molecule has 5 nitrogen and oxygen atoms in total. The van der Waals surface area contributed by atoms with Gasteiger partial charge in [-0.2, -0.15) is 0 Å². The summed E-state index contributed by atoms with van der Waals surface area (Å²) in [5.41, 5.74) is 3.40. The van der Waals surface area contributed by atoms with Gasteiger partial charge in [0.2, 0.25) is 0 Å². The number of methoxy groups -OCH3 is 3. The summed E-state index contributed by atoms with van der Waals surface area (Å²) in [5, 5.41) is 10.8. The highest BCUT2D eigenvalue weighted by Gasteiger charge is 2.32. The van der Waals surface area contributed by atoms with E-state index in [0.717, 1.165) is 55.8 Å². The minimum absolute atomic E-state index is 0.254. The molecule has 3 rings (SSSR count). The van der Waals surface area contributed by atoms with Crippen LogP contribution in [0, 0.1) is 5.92 Å². The van der Waals surface area contributed by atoms with Crippen molar-refractivity contribution < 1.29 is 19.3 Å². The molecule has 0 fully saturated rings. The van der Waals surface area contributed by atoms with Crippen molar-refractivity contribution in [1.29, 1.82) is 0 Å². The first-order valence-corrected chi connectivity index (χ1v) is 10.3. The van der Waals surface area contributed by atoms with E-state index in [-0.39, 0.29) is 5.92 Å². The van der Waals surface area contributed by atoms with Crippen LogP contribution in [0.15, 0.2) is 36.4 Å². The van der Waals surface area contributed by atoms with Crippen LogP contribution in [0.1, 0.15) is 35.6 Å². The van der Waals surface area contributed by atoms with Crippen molar-refractivity contribution in [2.24, 2.45) is 5.92 Å². The van der Waals surface area contributed by atoms with Crippen molar-refractivity contribution in [2.45, 2.75) is 31.8 Å². The second-order valence-electron chi connectivity index (χ2n) is 7.82. The molecule has 0 spiro atoms. The highest BCUT2D eigenvalue weighted by molar-refractivity contribution is 5.50. The van der Waals surface area contributed by atoms with Crippen LogP contribution in [0.3, 0.4) is 0 Å². The third-order valence-electron chi connectivity index (χ3n) is 5.96. The Hall–Kier alpha value is -2.24. The summed E-state index contributed by atoms with van der Waals surface area (Å²) in [4.78, 5) is 2.35. The van der Waals surface area contributed by atoms with E-state index in [0.29, 0.717) is 5.75 Å². The molecule has 0 aliphatic heterocycles. The third-order valence-corrected chi connectivity index (χ3v) is 5.96. The maximum Gasteiger partial charge on any atom is 0.161 e. The number of aliphatic hydroxyl groups is 1. The Kier molecular flexibility index (Phi) is 7.40. The van der Waals surface area contributed by atoms with Crippen LogP contribution in [0.25, 0.3) is 0 Å². The lowest BCUT2D eigenvalue weighted by Crippen LogP contribution is -2.23. The molecule has 0 radical (unpaired) electrons. The Morgan fingerprint density at radius 1 is 0.966 bits per heavy atom. The number of fused-ring (bicyclic) bond motifs is 1. The Labute approximate surface area is 174 Å². The van der Waals surface area contributed by atoms with E-state index in [4.69, 9.17) is 14.2 Å². The number of hydrogen-bond acceptors (Lipinski definition) is 5. The van der Waals surface area contributed by atoms with E-state index in [1.807, 2.05) is 24.3 Å². The third kappa shape index (κ3) is 5.03. The van der Waals surface area contributed by atoms with E-state index < -0.39 is 6.10 Å². The number of hydrogen-bond donors (Lipinski definition) is 1. The fourth-order valence-corrected chi connectivity index (χ4v) is 4.25. The molecule has 0 bridgehead atoms. The number of likely N-dealkylation sites (N-methyl/N-ethyl adjacent to an activating group) is 1. The molecule has 5 heteroatoms. The average molecular weight is 400 g/mol. The number of para-hydroxylation sites is 1. The van der Waals surface area contributed by atoms with Gasteiger partial charge in [0.1, 0.15) is 5.75 Å². The fraction of sp³-hybridized carbons (Fsp3) is 0.500. The predicted molar refractivity (Wildman–Crippen MR) is 115 cm³/mol. The molecule has 158 valence electrons. The zero-order valence-corrected chi connectivity index (χ0v) is 18.0. The number of aliphatic hydroxyl groups excluding tert-OH is 1. The van der Waals surface area contributed by atoms with Crippen LogP contribution >= 0.6 is 0 Å². The minimum Gasteiger partial charge on any atom is -0.496 e. The summed E-state index contributed by atoms with van der Waals surface area (Å²) in [6.45, 7) is 2.00. The summed E-state index contributed by atoms with van der Waals surface area (Å²) < 4.78 is 16.2. The molecule has 0 amide bonds. The van der Waals surface area contributed by atoms with E-state index in [1.165, 1.54) is 11.1 Å². The monoisotopic (exact) mass is 399 g/mol. The normalized spacial score (nSPS) is 18.0. The van der Waals surface area contributed by atoms with Crippen molar-refractivity contribution in [2.75, 3.05) is 41.5 Å². The molecule has 29 heavy (non-hydrogen) atoms. The van der Waals surface area contributed by atoms with Crippen LogP contribution < -0.4 is 14.2 Å². The predicted octanol–water partition coefficient (Wildman–Crippen LogP) is 3.87. The number of nitrogens with zero attached hydrogens (tertiary/aromatic N) is 1. The van der Waals surface area contributed by atoms with E-state index in [9.17, 15) is 5.11 Å². The standard InChI is InChI=1S/C24H33NO4/c1-25(13-11-17-8-5-6-10-21(17)27-2)12-7-9-18-14-19-15-22(28-3)23(29-4)16-20(19)24(18)26/h5-6,8,10,15-16,18,24,26H,7,9,11-14H2,1-4H3. The van der Waals surface area contributed by atoms with Crippen molar-refractivity contribution in [3.8, 4) is 17.2 Å². The van der Waals surface area contributed by atoms with Crippen LogP contribution in [-0.2, 0) is 12.8 Å². The van der Waals surface area contributed by atoms with Crippen molar-refractivity contribution >= 4 is 0 Å². The fourth-order valence-electron chi connectivity index (χ4n) is 4.25. The lowest BCUT2D eigenvalue weighted by Gasteiger charge is -2.20. The van der Waals surface area contributed by atoms with E-state index >= 15 is 0 Å². The van der Waals surface area contributed by atoms with Crippen molar-refractivity contribution in [3.63, 3.8) is 0 Å². The Morgan fingerprint density at radius 2 is 1.66 bits per heavy atom. The van der Waals surface area contributed by atoms with Gasteiger partial charge in [-0.3, -0.25) is 0 Å². The summed E-state index contributed by atoms with van der Waals surface area (Å²) in [6, 6.07) is 12.1. The Morgan fingerprint density at radius 3 is 2.38 bits per heavy atom. The van der Waals surface area contributed by atoms with Crippen LogP contribution in [0.5, 0.6) is 17.2 Å². The summed E-state index contributed by atoms with van der Waals surface area (Å²) in [5.74, 6) is 2.63. The number of rotatable bonds is 10. The average Bonchev–Trinajstić information content (AvgIpc) is 3.06. The van der Waals surface area contributed by atoms with Gasteiger partial charge in [0, 0.05) is 6.54 Å². The summed E-state index contributed by atoms with van der Waals surface area (Å²) in [7, 11) is 7.15. The molecule has 1 aliphatic rings. The Balaban J connectivity index is 1.48. The van der Waals surface area contributed by atoms with Crippen molar-refractivity contribution in [1.82, 2.24) is 4.90 Å². The minimum atomic E-state index is -0.427. The molecular formula is C24H33NO4. The highest BCUT2D eigenvalue weighted by atomic mass is 16.5. The molecule has 0 saturated carbocycles. The van der Waals surface area contributed by atoms with Crippen LogP contribution in [0.4, 0.5) is 0 Å². The maximum absolute atomic E-state index is 10.8. The Bertz CT molecular complexity index is 807. The topological polar surface area (TPSA) is 51.2 Å². The van der Waals surface area contributed by atoms with Gasteiger partial charge in [-0.25, -0.2) is 0 Å². The lowest BCUT2D eigenvalue weighted by molar-refractivity contribution is 0.114. The molecule has 1 N–H and O–H groups in total. The first kappa shape index (κ1) is 21.5. The molecular weight excluding hydrogens is 366 g/mol. The largest absolute Gasteiger partial charge is 0.496 e. The van der Waals surface area contributed by atoms with Gasteiger partial charge < -0.3 is 24.2 Å². The van der Waals surface area contributed by atoms with E-state index in [1.54, 1.807) is 21.3 Å². The van der Waals surface area contributed by atoms with Crippen LogP contribution in [-0.4, -0.2) is 51.5 Å². The molecule has 2 aromatic carbocycles. The highest BCUT2D eigenvalue weighted by Crippen LogP contribution is 2.43. The second-order valence-corrected chi connectivity index (χ2v) is 7.82. The first-order valence-electron chi connectivity index (χ1n) is 10.3. The summed E-state index contributed by atoms with van der Waals surface area (Å²) >= 11 is 0.